The Balaban J connectivity index is 2.12. The van der Waals surface area contributed by atoms with Crippen LogP contribution in [0.4, 0.5) is 0 Å². The lowest BCUT2D eigenvalue weighted by Gasteiger charge is -2.15. The molecule has 0 saturated heterocycles. The highest BCUT2D eigenvalue weighted by molar-refractivity contribution is 6.20. The molecular weight excluding hydrogens is 395 g/mol. The molecular formula is C24H31BO6. The van der Waals surface area contributed by atoms with E-state index in [1.165, 1.54) is 14.2 Å². The molecule has 6 nitrogen and oxygen atoms in total. The third-order valence-electron chi connectivity index (χ3n) is 4.67. The van der Waals surface area contributed by atoms with Crippen LogP contribution in [0.15, 0.2) is 36.4 Å². The molecule has 0 unspecified atom stereocenters. The lowest BCUT2D eigenvalue weighted by Crippen LogP contribution is -2.14. The van der Waals surface area contributed by atoms with Gasteiger partial charge in [-0.1, -0.05) is 27.7 Å². The molecule has 0 spiro atoms. The highest BCUT2D eigenvalue weighted by Gasteiger charge is 2.16. The van der Waals surface area contributed by atoms with Gasteiger partial charge in [0.1, 0.15) is 11.5 Å². The highest BCUT2D eigenvalue weighted by atomic mass is 16.6. The predicted octanol–water partition coefficient (Wildman–Crippen LogP) is 4.38. The largest absolute Gasteiger partial charge is 0.576 e. The molecule has 7 heteroatoms. The molecule has 0 radical (unpaired) electrons. The SMILES string of the molecule is COC(=O)c1ccc(OBOc2ccc(C(=O)OC)c(CC(C)C)c2)cc1CC(C)C. The molecule has 0 bridgehead atoms. The molecule has 0 aliphatic heterocycles. The Morgan fingerprint density at radius 3 is 1.45 bits per heavy atom. The summed E-state index contributed by atoms with van der Waals surface area (Å²) >= 11 is 0. The van der Waals surface area contributed by atoms with Crippen LogP contribution in [-0.2, 0) is 22.3 Å². The summed E-state index contributed by atoms with van der Waals surface area (Å²) in [5.41, 5.74) is 2.84. The van der Waals surface area contributed by atoms with Gasteiger partial charge in [0, 0.05) is 0 Å². The second-order valence-corrected chi connectivity index (χ2v) is 8.22. The normalized spacial score (nSPS) is 10.7. The first-order valence-electron chi connectivity index (χ1n) is 10.4. The minimum Gasteiger partial charge on any atom is -0.529 e. The zero-order chi connectivity index (χ0) is 23.0. The smallest absolute Gasteiger partial charge is 0.529 e. The number of esters is 2. The van der Waals surface area contributed by atoms with Crippen LogP contribution < -0.4 is 9.31 Å². The van der Waals surface area contributed by atoms with Crippen LogP contribution in [0, 0.1) is 11.8 Å². The van der Waals surface area contributed by atoms with E-state index in [1.54, 1.807) is 24.3 Å². The van der Waals surface area contributed by atoms with Crippen molar-refractivity contribution in [3.05, 3.63) is 58.7 Å². The van der Waals surface area contributed by atoms with Gasteiger partial charge in [0.05, 0.1) is 25.3 Å². The van der Waals surface area contributed by atoms with Gasteiger partial charge in [0.25, 0.3) is 0 Å². The average Bonchev–Trinajstić information content (AvgIpc) is 2.72. The zero-order valence-corrected chi connectivity index (χ0v) is 19.2. The van der Waals surface area contributed by atoms with Gasteiger partial charge in [0.2, 0.25) is 0 Å². The fourth-order valence-electron chi connectivity index (χ4n) is 3.32. The summed E-state index contributed by atoms with van der Waals surface area (Å²) < 4.78 is 21.3. The molecule has 0 aliphatic rings. The van der Waals surface area contributed by atoms with Gasteiger partial charge in [-0.25, -0.2) is 9.59 Å². The van der Waals surface area contributed by atoms with E-state index in [9.17, 15) is 9.59 Å². The fraction of sp³-hybridized carbons (Fsp3) is 0.417. The van der Waals surface area contributed by atoms with Crippen molar-refractivity contribution in [2.45, 2.75) is 40.5 Å². The average molecular weight is 426 g/mol. The van der Waals surface area contributed by atoms with Crippen LogP contribution in [0.1, 0.15) is 59.5 Å². The van der Waals surface area contributed by atoms with Crippen molar-refractivity contribution < 1.29 is 28.4 Å². The highest BCUT2D eigenvalue weighted by Crippen LogP contribution is 2.24. The fourth-order valence-corrected chi connectivity index (χ4v) is 3.32. The summed E-state index contributed by atoms with van der Waals surface area (Å²) in [6.07, 6.45) is 1.46. The molecule has 0 atom stereocenters. The van der Waals surface area contributed by atoms with Crippen molar-refractivity contribution in [1.82, 2.24) is 0 Å². The van der Waals surface area contributed by atoms with E-state index in [0.29, 0.717) is 34.5 Å². The monoisotopic (exact) mass is 426 g/mol. The van der Waals surface area contributed by atoms with Gasteiger partial charge in [-0.05, 0) is 72.2 Å². The van der Waals surface area contributed by atoms with Crippen LogP contribution in [0.3, 0.4) is 0 Å². The molecule has 0 N–H and O–H groups in total. The van der Waals surface area contributed by atoms with Gasteiger partial charge in [0.15, 0.2) is 0 Å². The molecule has 0 fully saturated rings. The second kappa shape index (κ2) is 11.4. The number of ether oxygens (including phenoxy) is 2. The Kier molecular flexibility index (Phi) is 8.97. The Bertz CT molecular complexity index is 833. The predicted molar refractivity (Wildman–Crippen MR) is 121 cm³/mol. The van der Waals surface area contributed by atoms with E-state index in [4.69, 9.17) is 18.8 Å². The van der Waals surface area contributed by atoms with Crippen molar-refractivity contribution in [1.29, 1.82) is 0 Å². The van der Waals surface area contributed by atoms with Crippen molar-refractivity contribution in [3.8, 4) is 11.5 Å². The molecule has 0 heterocycles. The first kappa shape index (κ1) is 24.3. The molecule has 2 aromatic carbocycles. The standard InChI is InChI=1S/C24H31BO6/c1-15(2)11-17-13-19(7-9-21(17)23(26)28-5)30-25-31-20-8-10-22(24(27)29-6)18(14-20)12-16(3)4/h7-10,13-16,25H,11-12H2,1-6H3. The molecule has 166 valence electrons. The number of carbonyl (C=O) groups excluding carboxylic acids is 2. The Morgan fingerprint density at radius 2 is 1.13 bits per heavy atom. The molecule has 2 aromatic rings. The van der Waals surface area contributed by atoms with Gasteiger partial charge in [-0.15, -0.1) is 0 Å². The quantitative estimate of drug-likeness (QED) is 0.415. The van der Waals surface area contributed by atoms with Gasteiger partial charge >= 0.3 is 19.6 Å². The van der Waals surface area contributed by atoms with Gasteiger partial charge in [-0.3, -0.25) is 0 Å². The third-order valence-corrected chi connectivity index (χ3v) is 4.67. The summed E-state index contributed by atoms with van der Waals surface area (Å²) in [5.74, 6) is 1.25. The van der Waals surface area contributed by atoms with Gasteiger partial charge < -0.3 is 18.8 Å². The van der Waals surface area contributed by atoms with Crippen molar-refractivity contribution in [2.75, 3.05) is 14.2 Å². The Hall–Kier alpha value is -2.96. The topological polar surface area (TPSA) is 71.1 Å². The number of hydrogen-bond donors (Lipinski definition) is 0. The number of carbonyl (C=O) groups is 2. The van der Waals surface area contributed by atoms with Crippen LogP contribution >= 0.6 is 0 Å². The number of rotatable bonds is 10. The minimum atomic E-state index is -0.359. The summed E-state index contributed by atoms with van der Waals surface area (Å²) in [5, 5.41) is 0. The van der Waals surface area contributed by atoms with E-state index in [-0.39, 0.29) is 19.6 Å². The maximum atomic E-state index is 12.0. The Morgan fingerprint density at radius 1 is 0.742 bits per heavy atom. The zero-order valence-electron chi connectivity index (χ0n) is 19.2. The van der Waals surface area contributed by atoms with E-state index in [2.05, 4.69) is 27.7 Å². The van der Waals surface area contributed by atoms with E-state index >= 15 is 0 Å². The van der Waals surface area contributed by atoms with Crippen LogP contribution in [0.25, 0.3) is 0 Å². The first-order valence-corrected chi connectivity index (χ1v) is 10.4. The molecule has 0 aromatic heterocycles. The van der Waals surface area contributed by atoms with E-state index in [1.807, 2.05) is 12.1 Å². The second-order valence-electron chi connectivity index (χ2n) is 8.22. The summed E-state index contributed by atoms with van der Waals surface area (Å²) in [6.45, 7) is 8.35. The summed E-state index contributed by atoms with van der Waals surface area (Å²) in [4.78, 5) is 24.0. The van der Waals surface area contributed by atoms with E-state index < -0.39 is 0 Å². The van der Waals surface area contributed by atoms with Crippen LogP contribution in [0.2, 0.25) is 0 Å². The van der Waals surface area contributed by atoms with Crippen molar-refractivity contribution >= 4 is 19.6 Å². The van der Waals surface area contributed by atoms with Crippen molar-refractivity contribution in [2.24, 2.45) is 11.8 Å². The minimum absolute atomic E-state index is 0.00260. The third kappa shape index (κ3) is 7.05. The summed E-state index contributed by atoms with van der Waals surface area (Å²) in [7, 11) is 2.74. The number of hydrogen-bond acceptors (Lipinski definition) is 6. The number of methoxy groups -OCH3 is 2. The molecule has 0 aliphatic carbocycles. The van der Waals surface area contributed by atoms with Crippen LogP contribution in [0.5, 0.6) is 11.5 Å². The van der Waals surface area contributed by atoms with E-state index in [0.717, 1.165) is 24.0 Å². The molecule has 0 saturated carbocycles. The van der Waals surface area contributed by atoms with Crippen LogP contribution in [-0.4, -0.2) is 33.8 Å². The van der Waals surface area contributed by atoms with Crippen molar-refractivity contribution in [3.63, 3.8) is 0 Å². The Labute approximate surface area is 185 Å². The molecule has 0 amide bonds. The maximum Gasteiger partial charge on any atom is 0.576 e. The number of benzene rings is 2. The summed E-state index contributed by atoms with van der Waals surface area (Å²) in [6, 6.07) is 10.6. The van der Waals surface area contributed by atoms with Gasteiger partial charge in [-0.2, -0.15) is 0 Å². The first-order chi connectivity index (χ1) is 14.7. The molecule has 2 rings (SSSR count). The lowest BCUT2D eigenvalue weighted by molar-refractivity contribution is 0.0590. The lowest BCUT2D eigenvalue weighted by atomic mass is 9.97. The molecule has 31 heavy (non-hydrogen) atoms. The maximum absolute atomic E-state index is 12.0.